The number of ether oxygens (including phenoxy) is 2. The smallest absolute Gasteiger partial charge is 0.309 e. The molecule has 1 aromatic rings. The van der Waals surface area contributed by atoms with Gasteiger partial charge in [-0.1, -0.05) is 24.3 Å². The lowest BCUT2D eigenvalue weighted by Gasteiger charge is -2.25. The zero-order valence-corrected chi connectivity index (χ0v) is 10.1. The van der Waals surface area contributed by atoms with E-state index in [4.69, 9.17) is 9.47 Å². The van der Waals surface area contributed by atoms with Crippen LogP contribution in [0.2, 0.25) is 0 Å². The fourth-order valence-corrected chi connectivity index (χ4v) is 2.00. The molecule has 1 aromatic carbocycles. The highest BCUT2D eigenvalue weighted by Gasteiger charge is 2.23. The minimum absolute atomic E-state index is 0.220. The first-order valence-electron chi connectivity index (χ1n) is 5.80. The van der Waals surface area contributed by atoms with Crippen molar-refractivity contribution in [3.05, 3.63) is 41.2 Å². The summed E-state index contributed by atoms with van der Waals surface area (Å²) in [5, 5.41) is 0. The van der Waals surface area contributed by atoms with Crippen LogP contribution in [0, 0.1) is 0 Å². The van der Waals surface area contributed by atoms with Crippen molar-refractivity contribution in [3.8, 4) is 0 Å². The number of benzene rings is 1. The Balaban J connectivity index is 2.20. The van der Waals surface area contributed by atoms with E-state index < -0.39 is 0 Å². The largest absolute Gasteiger partial charge is 0.490 e. The maximum absolute atomic E-state index is 11.5. The first-order valence-corrected chi connectivity index (χ1v) is 5.80. The molecule has 2 rings (SSSR count). The van der Waals surface area contributed by atoms with Gasteiger partial charge in [0.15, 0.2) is 0 Å². The van der Waals surface area contributed by atoms with Crippen molar-refractivity contribution in [2.45, 2.75) is 26.4 Å². The van der Waals surface area contributed by atoms with E-state index in [1.54, 1.807) is 6.92 Å². The van der Waals surface area contributed by atoms with Gasteiger partial charge in [-0.15, -0.1) is 0 Å². The molecule has 1 aliphatic heterocycles. The van der Waals surface area contributed by atoms with Gasteiger partial charge in [0.05, 0.1) is 18.8 Å². The molecule has 1 atom stereocenters. The van der Waals surface area contributed by atoms with E-state index in [0.29, 0.717) is 6.61 Å². The summed E-state index contributed by atoms with van der Waals surface area (Å²) >= 11 is 0. The first-order chi connectivity index (χ1) is 8.20. The van der Waals surface area contributed by atoms with Crippen molar-refractivity contribution in [2.75, 3.05) is 6.61 Å². The monoisotopic (exact) mass is 232 g/mol. The Morgan fingerprint density at radius 2 is 2.18 bits per heavy atom. The molecular weight excluding hydrogens is 216 g/mol. The van der Waals surface area contributed by atoms with Gasteiger partial charge in [0.2, 0.25) is 0 Å². The number of carbonyl (C=O) groups is 1. The lowest BCUT2D eigenvalue weighted by molar-refractivity contribution is -0.145. The van der Waals surface area contributed by atoms with Crippen molar-refractivity contribution < 1.29 is 14.3 Å². The fraction of sp³-hybridized carbons (Fsp3) is 0.357. The molecule has 90 valence electrons. The summed E-state index contributed by atoms with van der Waals surface area (Å²) in [6.07, 6.45) is 2.02. The van der Waals surface area contributed by atoms with E-state index in [1.165, 1.54) is 0 Å². The number of rotatable bonds is 3. The lowest BCUT2D eigenvalue weighted by atomic mass is 9.97. The molecule has 17 heavy (non-hydrogen) atoms. The Morgan fingerprint density at radius 3 is 2.94 bits per heavy atom. The summed E-state index contributed by atoms with van der Waals surface area (Å²) < 4.78 is 10.6. The van der Waals surface area contributed by atoms with Gasteiger partial charge < -0.3 is 9.47 Å². The van der Waals surface area contributed by atoms with Crippen LogP contribution in [0.3, 0.4) is 0 Å². The number of esters is 1. The van der Waals surface area contributed by atoms with Gasteiger partial charge in [-0.05, 0) is 25.5 Å². The van der Waals surface area contributed by atoms with Crippen LogP contribution in [-0.4, -0.2) is 12.6 Å². The molecule has 0 bridgehead atoms. The summed E-state index contributed by atoms with van der Waals surface area (Å²) in [7, 11) is 0. The predicted molar refractivity (Wildman–Crippen MR) is 65.2 cm³/mol. The van der Waals surface area contributed by atoms with Gasteiger partial charge in [-0.2, -0.15) is 0 Å². The Bertz CT molecular complexity index is 449. The molecule has 0 spiro atoms. The molecule has 0 amide bonds. The van der Waals surface area contributed by atoms with Crippen molar-refractivity contribution in [2.24, 2.45) is 0 Å². The number of allylic oxidation sites excluding steroid dienone is 1. The van der Waals surface area contributed by atoms with Crippen LogP contribution in [0.25, 0.3) is 6.08 Å². The Morgan fingerprint density at radius 1 is 1.41 bits per heavy atom. The molecule has 0 aromatic heterocycles. The third-order valence-corrected chi connectivity index (χ3v) is 2.69. The SMILES string of the molecule is CCOC(=O)C[C@H]1OC(C)=Cc2ccccc21. The van der Waals surface area contributed by atoms with Gasteiger partial charge in [-0.3, -0.25) is 4.79 Å². The zero-order chi connectivity index (χ0) is 12.3. The highest BCUT2D eigenvalue weighted by atomic mass is 16.5. The zero-order valence-electron chi connectivity index (χ0n) is 10.1. The summed E-state index contributed by atoms with van der Waals surface area (Å²) in [4.78, 5) is 11.5. The highest BCUT2D eigenvalue weighted by Crippen LogP contribution is 2.33. The second-order valence-electron chi connectivity index (χ2n) is 4.00. The molecule has 1 aliphatic rings. The Labute approximate surface area is 101 Å². The number of hydrogen-bond donors (Lipinski definition) is 0. The summed E-state index contributed by atoms with van der Waals surface area (Å²) in [6.45, 7) is 4.11. The molecule has 0 aliphatic carbocycles. The van der Waals surface area contributed by atoms with Gasteiger partial charge in [0.1, 0.15) is 6.10 Å². The summed E-state index contributed by atoms with van der Waals surface area (Å²) in [5.74, 6) is 0.611. The molecule has 0 saturated carbocycles. The van der Waals surface area contributed by atoms with Crippen molar-refractivity contribution in [1.82, 2.24) is 0 Å². The topological polar surface area (TPSA) is 35.5 Å². The maximum Gasteiger partial charge on any atom is 0.309 e. The number of fused-ring (bicyclic) bond motifs is 1. The van der Waals surface area contributed by atoms with Gasteiger partial charge >= 0.3 is 5.97 Å². The van der Waals surface area contributed by atoms with Crippen molar-refractivity contribution >= 4 is 12.0 Å². The normalized spacial score (nSPS) is 17.8. The van der Waals surface area contributed by atoms with E-state index in [-0.39, 0.29) is 18.5 Å². The Kier molecular flexibility index (Phi) is 3.47. The van der Waals surface area contributed by atoms with Gasteiger partial charge in [0, 0.05) is 5.56 Å². The first kappa shape index (κ1) is 11.7. The minimum atomic E-state index is -0.227. The second-order valence-corrected chi connectivity index (χ2v) is 4.00. The maximum atomic E-state index is 11.5. The summed E-state index contributed by atoms with van der Waals surface area (Å²) in [5.41, 5.74) is 2.16. The second kappa shape index (κ2) is 5.04. The number of hydrogen-bond acceptors (Lipinski definition) is 3. The third-order valence-electron chi connectivity index (χ3n) is 2.69. The minimum Gasteiger partial charge on any atom is -0.490 e. The molecular formula is C14H16O3. The molecule has 3 heteroatoms. The highest BCUT2D eigenvalue weighted by molar-refractivity contribution is 5.71. The molecule has 0 N–H and O–H groups in total. The predicted octanol–water partition coefficient (Wildman–Crippen LogP) is 3.07. The summed E-state index contributed by atoms with van der Waals surface area (Å²) in [6, 6.07) is 7.95. The van der Waals surface area contributed by atoms with Crippen molar-refractivity contribution in [3.63, 3.8) is 0 Å². The molecule has 0 unspecified atom stereocenters. The quantitative estimate of drug-likeness (QED) is 0.751. The van der Waals surface area contributed by atoms with Crippen LogP contribution in [0.1, 0.15) is 37.5 Å². The van der Waals surface area contributed by atoms with E-state index >= 15 is 0 Å². The third kappa shape index (κ3) is 2.67. The fourth-order valence-electron chi connectivity index (χ4n) is 2.00. The van der Waals surface area contributed by atoms with Crippen LogP contribution in [0.4, 0.5) is 0 Å². The van der Waals surface area contributed by atoms with E-state index in [2.05, 4.69) is 0 Å². The average Bonchev–Trinajstić information content (AvgIpc) is 2.29. The van der Waals surface area contributed by atoms with Crippen LogP contribution in [0.5, 0.6) is 0 Å². The average molecular weight is 232 g/mol. The van der Waals surface area contributed by atoms with E-state index in [0.717, 1.165) is 16.9 Å². The molecule has 1 heterocycles. The lowest BCUT2D eigenvalue weighted by Crippen LogP contribution is -2.15. The standard InChI is InChI=1S/C14H16O3/c1-3-16-14(15)9-13-12-7-5-4-6-11(12)8-10(2)17-13/h4-8,13H,3,9H2,1-2H3/t13-/m1/s1. The Hall–Kier alpha value is -1.77. The van der Waals surface area contributed by atoms with Crippen molar-refractivity contribution in [1.29, 1.82) is 0 Å². The molecule has 0 saturated heterocycles. The molecule has 0 radical (unpaired) electrons. The van der Waals surface area contributed by atoms with Crippen LogP contribution in [0.15, 0.2) is 30.0 Å². The van der Waals surface area contributed by atoms with E-state index in [9.17, 15) is 4.79 Å². The van der Waals surface area contributed by atoms with Crippen LogP contribution >= 0.6 is 0 Å². The number of carbonyl (C=O) groups excluding carboxylic acids is 1. The van der Waals surface area contributed by atoms with Crippen LogP contribution < -0.4 is 0 Å². The van der Waals surface area contributed by atoms with E-state index in [1.807, 2.05) is 37.3 Å². The molecule has 0 fully saturated rings. The van der Waals surface area contributed by atoms with Gasteiger partial charge in [-0.25, -0.2) is 0 Å². The van der Waals surface area contributed by atoms with Gasteiger partial charge in [0.25, 0.3) is 0 Å². The molecule has 3 nitrogen and oxygen atoms in total. The van der Waals surface area contributed by atoms with Crippen LogP contribution in [-0.2, 0) is 14.3 Å².